The Morgan fingerprint density at radius 2 is 2.05 bits per heavy atom. The van der Waals surface area contributed by atoms with Gasteiger partial charge in [-0.1, -0.05) is 6.07 Å². The van der Waals surface area contributed by atoms with E-state index in [9.17, 15) is 18.0 Å². The number of alkyl halides is 3. The lowest BCUT2D eigenvalue weighted by Crippen LogP contribution is -2.40. The van der Waals surface area contributed by atoms with Gasteiger partial charge in [0, 0.05) is 23.5 Å². The van der Waals surface area contributed by atoms with Crippen molar-refractivity contribution in [3.63, 3.8) is 0 Å². The molecule has 120 valence electrons. The lowest BCUT2D eigenvalue weighted by Gasteiger charge is -2.19. The van der Waals surface area contributed by atoms with E-state index in [1.165, 1.54) is 10.6 Å². The van der Waals surface area contributed by atoms with Crippen molar-refractivity contribution in [3.05, 3.63) is 35.8 Å². The summed E-state index contributed by atoms with van der Waals surface area (Å²) >= 11 is 0. The molecule has 0 aliphatic heterocycles. The average molecular weight is 315 g/mol. The van der Waals surface area contributed by atoms with Crippen molar-refractivity contribution in [2.24, 2.45) is 0 Å². The molecule has 0 radical (unpaired) electrons. The van der Waals surface area contributed by atoms with Crippen LogP contribution in [0.15, 0.2) is 24.5 Å². The summed E-state index contributed by atoms with van der Waals surface area (Å²) in [6, 6.07) is 3.13. The highest BCUT2D eigenvalue weighted by Gasteiger charge is 2.34. The SMILES string of the molecule is CC(C)(C)NC(=O)OCc1cccn2cc(C(F)(F)F)nc12. The fraction of sp³-hybridized carbons (Fsp3) is 0.429. The van der Waals surface area contributed by atoms with Crippen molar-refractivity contribution in [2.45, 2.75) is 39.1 Å². The Kier molecular flexibility index (Phi) is 4.04. The molecule has 22 heavy (non-hydrogen) atoms. The van der Waals surface area contributed by atoms with Crippen molar-refractivity contribution >= 4 is 11.7 Å². The van der Waals surface area contributed by atoms with Crippen molar-refractivity contribution in [1.82, 2.24) is 14.7 Å². The molecule has 0 bridgehead atoms. The molecule has 0 saturated carbocycles. The van der Waals surface area contributed by atoms with Crippen LogP contribution in [0.4, 0.5) is 18.0 Å². The second-order valence-electron chi connectivity index (χ2n) is 5.84. The second-order valence-corrected chi connectivity index (χ2v) is 5.84. The highest BCUT2D eigenvalue weighted by Crippen LogP contribution is 2.29. The monoisotopic (exact) mass is 315 g/mol. The molecule has 0 aliphatic carbocycles. The van der Waals surface area contributed by atoms with Gasteiger partial charge in [0.15, 0.2) is 5.69 Å². The number of nitrogens with zero attached hydrogens (tertiary/aromatic N) is 2. The molecule has 1 amide bonds. The van der Waals surface area contributed by atoms with E-state index in [4.69, 9.17) is 4.74 Å². The largest absolute Gasteiger partial charge is 0.445 e. The minimum absolute atomic E-state index is 0.110. The summed E-state index contributed by atoms with van der Waals surface area (Å²) in [5.74, 6) is 0. The summed E-state index contributed by atoms with van der Waals surface area (Å²) in [5.41, 5.74) is -0.945. The first kappa shape index (κ1) is 16.1. The van der Waals surface area contributed by atoms with E-state index in [0.717, 1.165) is 6.20 Å². The number of rotatable bonds is 2. The van der Waals surface area contributed by atoms with E-state index in [-0.39, 0.29) is 12.3 Å². The van der Waals surface area contributed by atoms with E-state index >= 15 is 0 Å². The number of pyridine rings is 1. The van der Waals surface area contributed by atoms with E-state index in [2.05, 4.69) is 10.3 Å². The number of amides is 1. The molecule has 1 N–H and O–H groups in total. The van der Waals surface area contributed by atoms with Crippen molar-refractivity contribution in [2.75, 3.05) is 0 Å². The van der Waals surface area contributed by atoms with E-state index in [1.807, 2.05) is 0 Å². The van der Waals surface area contributed by atoms with Gasteiger partial charge >= 0.3 is 12.3 Å². The van der Waals surface area contributed by atoms with E-state index in [0.29, 0.717) is 5.56 Å². The number of carbonyl (C=O) groups excluding carboxylic acids is 1. The normalized spacial score (nSPS) is 12.5. The van der Waals surface area contributed by atoms with Crippen LogP contribution in [0.1, 0.15) is 32.0 Å². The molecule has 0 aliphatic rings. The Morgan fingerprint density at radius 1 is 1.36 bits per heavy atom. The topological polar surface area (TPSA) is 55.6 Å². The standard InChI is InChI=1S/C14H16F3N3O2/c1-13(2,3)19-12(21)22-8-9-5-4-6-20-7-10(14(15,16)17)18-11(9)20/h4-7H,8H2,1-3H3,(H,19,21). The summed E-state index contributed by atoms with van der Waals surface area (Å²) in [6.07, 6.45) is -2.81. The minimum Gasteiger partial charge on any atom is -0.445 e. The van der Waals surface area contributed by atoms with Crippen LogP contribution in [0.25, 0.3) is 5.65 Å². The van der Waals surface area contributed by atoms with Gasteiger partial charge in [0.2, 0.25) is 0 Å². The number of hydrogen-bond acceptors (Lipinski definition) is 3. The summed E-state index contributed by atoms with van der Waals surface area (Å²) in [7, 11) is 0. The molecule has 5 nitrogen and oxygen atoms in total. The molecule has 0 unspecified atom stereocenters. The minimum atomic E-state index is -4.52. The first-order chi connectivity index (χ1) is 10.1. The number of carbonyl (C=O) groups is 1. The van der Waals surface area contributed by atoms with Gasteiger partial charge in [0.1, 0.15) is 12.3 Å². The molecule has 0 aromatic carbocycles. The Morgan fingerprint density at radius 3 is 2.64 bits per heavy atom. The molecule has 0 spiro atoms. The molecule has 0 atom stereocenters. The number of nitrogens with one attached hydrogen (secondary N) is 1. The van der Waals surface area contributed by atoms with Gasteiger partial charge in [0.25, 0.3) is 0 Å². The van der Waals surface area contributed by atoms with Gasteiger partial charge in [-0.3, -0.25) is 0 Å². The molecule has 2 rings (SSSR count). The van der Waals surface area contributed by atoms with E-state index < -0.39 is 23.5 Å². The van der Waals surface area contributed by atoms with Gasteiger partial charge in [-0.25, -0.2) is 9.78 Å². The van der Waals surface area contributed by atoms with Crippen LogP contribution in [-0.4, -0.2) is 21.0 Å². The maximum absolute atomic E-state index is 12.7. The Hall–Kier alpha value is -2.25. The molecular formula is C14H16F3N3O2. The molecule has 0 fully saturated rings. The molecule has 0 saturated heterocycles. The predicted octanol–water partition coefficient (Wildman–Crippen LogP) is 3.38. The molecule has 8 heteroatoms. The smallest absolute Gasteiger partial charge is 0.434 e. The van der Waals surface area contributed by atoms with Gasteiger partial charge in [-0.15, -0.1) is 0 Å². The van der Waals surface area contributed by atoms with Crippen LogP contribution in [-0.2, 0) is 17.5 Å². The van der Waals surface area contributed by atoms with Crippen molar-refractivity contribution in [3.8, 4) is 0 Å². The lowest BCUT2D eigenvalue weighted by atomic mass is 10.1. The van der Waals surface area contributed by atoms with Crippen LogP contribution in [0.3, 0.4) is 0 Å². The highest BCUT2D eigenvalue weighted by molar-refractivity contribution is 5.68. The third kappa shape index (κ3) is 3.90. The average Bonchev–Trinajstić information content (AvgIpc) is 2.78. The number of hydrogen-bond donors (Lipinski definition) is 1. The molecule has 2 aromatic rings. The number of imidazole rings is 1. The first-order valence-corrected chi connectivity index (χ1v) is 6.55. The number of ether oxygens (including phenoxy) is 1. The number of halogens is 3. The fourth-order valence-corrected chi connectivity index (χ4v) is 1.81. The fourth-order valence-electron chi connectivity index (χ4n) is 1.81. The number of fused-ring (bicyclic) bond motifs is 1. The van der Waals surface area contributed by atoms with Gasteiger partial charge in [-0.2, -0.15) is 13.2 Å². The first-order valence-electron chi connectivity index (χ1n) is 6.55. The quantitative estimate of drug-likeness (QED) is 0.924. The molecule has 2 heterocycles. The summed E-state index contributed by atoms with van der Waals surface area (Å²) in [4.78, 5) is 15.2. The van der Waals surface area contributed by atoms with Crippen LogP contribution in [0, 0.1) is 0 Å². The summed E-state index contributed by atoms with van der Waals surface area (Å²) in [5, 5.41) is 2.60. The lowest BCUT2D eigenvalue weighted by molar-refractivity contribution is -0.140. The molecule has 2 aromatic heterocycles. The summed E-state index contributed by atoms with van der Waals surface area (Å²) in [6.45, 7) is 5.21. The van der Waals surface area contributed by atoms with Crippen LogP contribution in [0.5, 0.6) is 0 Å². The second kappa shape index (κ2) is 5.51. The zero-order valence-electron chi connectivity index (χ0n) is 12.4. The summed E-state index contributed by atoms with van der Waals surface area (Å²) < 4.78 is 44.3. The van der Waals surface area contributed by atoms with Crippen LogP contribution in [0.2, 0.25) is 0 Å². The van der Waals surface area contributed by atoms with Crippen molar-refractivity contribution < 1.29 is 22.7 Å². The van der Waals surface area contributed by atoms with Gasteiger partial charge in [-0.05, 0) is 26.8 Å². The Labute approximate surface area is 125 Å². The van der Waals surface area contributed by atoms with E-state index in [1.54, 1.807) is 32.9 Å². The Balaban J connectivity index is 2.18. The Bertz CT molecular complexity index is 687. The maximum atomic E-state index is 12.7. The molecular weight excluding hydrogens is 299 g/mol. The van der Waals surface area contributed by atoms with Gasteiger partial charge in [0.05, 0.1) is 0 Å². The van der Waals surface area contributed by atoms with Crippen LogP contribution < -0.4 is 5.32 Å². The van der Waals surface area contributed by atoms with Crippen molar-refractivity contribution in [1.29, 1.82) is 0 Å². The predicted molar refractivity (Wildman–Crippen MR) is 73.3 cm³/mol. The van der Waals surface area contributed by atoms with Gasteiger partial charge < -0.3 is 14.5 Å². The highest BCUT2D eigenvalue weighted by atomic mass is 19.4. The zero-order valence-corrected chi connectivity index (χ0v) is 12.4. The number of aromatic nitrogens is 2. The zero-order chi connectivity index (χ0) is 16.5. The maximum Gasteiger partial charge on any atom is 0.434 e. The third-order valence-corrected chi connectivity index (χ3v) is 2.69. The van der Waals surface area contributed by atoms with Crippen LogP contribution >= 0.6 is 0 Å². The number of alkyl carbamates (subject to hydrolysis) is 1. The third-order valence-electron chi connectivity index (χ3n) is 2.69.